The molecule has 0 fully saturated rings. The summed E-state index contributed by atoms with van der Waals surface area (Å²) >= 11 is 0. The molecule has 0 spiro atoms. The lowest BCUT2D eigenvalue weighted by molar-refractivity contribution is 0.413. The maximum absolute atomic E-state index is 4.40. The molecule has 1 aromatic carbocycles. The Morgan fingerprint density at radius 3 is 2.76 bits per heavy atom. The molecule has 0 aliphatic carbocycles. The highest BCUT2D eigenvalue weighted by Crippen LogP contribution is 2.37. The summed E-state index contributed by atoms with van der Waals surface area (Å²) < 4.78 is 3.89. The molecular formula is C26H35N7. The molecule has 0 bridgehead atoms. The number of benzene rings is 1. The average Bonchev–Trinajstić information content (AvgIpc) is 3.34. The summed E-state index contributed by atoms with van der Waals surface area (Å²) in [5, 5.41) is 16.9. The van der Waals surface area contributed by atoms with Crippen LogP contribution >= 0.6 is 0 Å². The van der Waals surface area contributed by atoms with Crippen LogP contribution in [0.1, 0.15) is 44.0 Å². The molecule has 0 saturated carbocycles. The standard InChI is InChI=1S/C26H35N7/c1-18(11-13-31(4)5)7-8-19(2)28-25-12-14-33-26(20(3)29-30-33)23-10-9-21(15-24(23)25)22-16-27-32(6)17-22/h7-10,15-17,25,28H,11-14H2,1-6H3/b18-7+,19-8+. The van der Waals surface area contributed by atoms with Gasteiger partial charge in [-0.3, -0.25) is 4.68 Å². The van der Waals surface area contributed by atoms with E-state index in [9.17, 15) is 0 Å². The highest BCUT2D eigenvalue weighted by atomic mass is 15.4. The molecule has 0 radical (unpaired) electrons. The lowest BCUT2D eigenvalue weighted by Crippen LogP contribution is -2.20. The van der Waals surface area contributed by atoms with Gasteiger partial charge >= 0.3 is 0 Å². The summed E-state index contributed by atoms with van der Waals surface area (Å²) in [5.41, 5.74) is 9.41. The van der Waals surface area contributed by atoms with E-state index in [0.717, 1.165) is 48.6 Å². The summed E-state index contributed by atoms with van der Waals surface area (Å²) in [6.45, 7) is 8.28. The third-order valence-electron chi connectivity index (χ3n) is 6.23. The summed E-state index contributed by atoms with van der Waals surface area (Å²) in [6, 6.07) is 6.88. The summed E-state index contributed by atoms with van der Waals surface area (Å²) in [5.74, 6) is 0. The van der Waals surface area contributed by atoms with Crippen LogP contribution in [-0.2, 0) is 13.6 Å². The van der Waals surface area contributed by atoms with E-state index in [1.165, 1.54) is 22.3 Å². The zero-order valence-electron chi connectivity index (χ0n) is 20.6. The first-order chi connectivity index (χ1) is 15.8. The van der Waals surface area contributed by atoms with Crippen molar-refractivity contribution in [3.8, 4) is 22.4 Å². The molecule has 1 N–H and O–H groups in total. The van der Waals surface area contributed by atoms with Gasteiger partial charge in [-0.25, -0.2) is 4.68 Å². The molecule has 0 amide bonds. The van der Waals surface area contributed by atoms with Gasteiger partial charge in [0.05, 0.1) is 23.6 Å². The van der Waals surface area contributed by atoms with E-state index in [0.29, 0.717) is 0 Å². The van der Waals surface area contributed by atoms with Crippen LogP contribution < -0.4 is 5.32 Å². The Kier molecular flexibility index (Phi) is 6.79. The van der Waals surface area contributed by atoms with Gasteiger partial charge < -0.3 is 10.2 Å². The highest BCUT2D eigenvalue weighted by molar-refractivity contribution is 5.73. The Morgan fingerprint density at radius 1 is 1.21 bits per heavy atom. The zero-order chi connectivity index (χ0) is 23.5. The lowest BCUT2D eigenvalue weighted by Gasteiger charge is -2.21. The monoisotopic (exact) mass is 445 g/mol. The summed E-state index contributed by atoms with van der Waals surface area (Å²) in [4.78, 5) is 2.22. The molecule has 1 unspecified atom stereocenters. The molecule has 1 aliphatic heterocycles. The number of rotatable bonds is 7. The molecule has 7 nitrogen and oxygen atoms in total. The predicted molar refractivity (Wildman–Crippen MR) is 134 cm³/mol. The first-order valence-electron chi connectivity index (χ1n) is 11.6. The van der Waals surface area contributed by atoms with Crippen molar-refractivity contribution in [1.82, 2.24) is 35.0 Å². The van der Waals surface area contributed by atoms with Crippen molar-refractivity contribution in [2.75, 3.05) is 20.6 Å². The van der Waals surface area contributed by atoms with Crippen molar-refractivity contribution < 1.29 is 0 Å². The number of nitrogens with one attached hydrogen (secondary N) is 1. The third-order valence-corrected chi connectivity index (χ3v) is 6.23. The molecule has 3 aromatic rings. The fraction of sp³-hybridized carbons (Fsp3) is 0.423. The van der Waals surface area contributed by atoms with Gasteiger partial charge in [0.2, 0.25) is 0 Å². The maximum atomic E-state index is 4.40. The van der Waals surface area contributed by atoms with Crippen LogP contribution in [0.2, 0.25) is 0 Å². The van der Waals surface area contributed by atoms with Crippen LogP contribution in [0, 0.1) is 6.92 Å². The number of hydrogen-bond donors (Lipinski definition) is 1. The van der Waals surface area contributed by atoms with E-state index >= 15 is 0 Å². The van der Waals surface area contributed by atoms with E-state index in [-0.39, 0.29) is 6.04 Å². The van der Waals surface area contributed by atoms with Crippen molar-refractivity contribution in [2.24, 2.45) is 7.05 Å². The number of hydrogen-bond acceptors (Lipinski definition) is 5. The Labute approximate surface area is 196 Å². The third kappa shape index (κ3) is 5.25. The minimum atomic E-state index is 0.185. The van der Waals surface area contributed by atoms with Gasteiger partial charge in [0.25, 0.3) is 0 Å². The number of fused-ring (bicyclic) bond motifs is 3. The van der Waals surface area contributed by atoms with Gasteiger partial charge in [0.15, 0.2) is 0 Å². The Balaban J connectivity index is 1.66. The van der Waals surface area contributed by atoms with E-state index in [1.807, 2.05) is 29.5 Å². The van der Waals surface area contributed by atoms with Crippen LogP contribution in [0.4, 0.5) is 0 Å². The predicted octanol–water partition coefficient (Wildman–Crippen LogP) is 4.49. The van der Waals surface area contributed by atoms with E-state index in [4.69, 9.17) is 0 Å². The van der Waals surface area contributed by atoms with Crippen LogP contribution in [0.25, 0.3) is 22.4 Å². The van der Waals surface area contributed by atoms with Gasteiger partial charge in [-0.05, 0) is 71.0 Å². The van der Waals surface area contributed by atoms with Crippen LogP contribution in [0.3, 0.4) is 0 Å². The molecule has 0 saturated heterocycles. The van der Waals surface area contributed by atoms with Gasteiger partial charge in [0, 0.05) is 43.2 Å². The largest absolute Gasteiger partial charge is 0.382 e. The zero-order valence-corrected chi connectivity index (χ0v) is 20.6. The van der Waals surface area contributed by atoms with Crippen LogP contribution in [0.15, 0.2) is 54.0 Å². The molecule has 7 heteroatoms. The second-order valence-corrected chi connectivity index (χ2v) is 9.35. The Bertz CT molecular complexity index is 1180. The molecule has 1 atom stereocenters. The summed E-state index contributed by atoms with van der Waals surface area (Å²) in [6.07, 6.45) is 10.4. The minimum Gasteiger partial charge on any atom is -0.382 e. The average molecular weight is 446 g/mol. The number of nitrogens with zero attached hydrogens (tertiary/aromatic N) is 6. The SMILES string of the molecule is C/C(=C\C=C(/C)NC1CCn2nnc(C)c2-c2ccc(-c3cnn(C)c3)cc21)CCN(C)C. The highest BCUT2D eigenvalue weighted by Gasteiger charge is 2.25. The maximum Gasteiger partial charge on any atom is 0.0918 e. The first kappa shape index (κ1) is 23.0. The molecule has 1 aliphatic rings. The van der Waals surface area contributed by atoms with Crippen LogP contribution in [-0.4, -0.2) is 50.3 Å². The fourth-order valence-corrected chi connectivity index (χ4v) is 4.34. The topological polar surface area (TPSA) is 63.8 Å². The number of aryl methyl sites for hydroxylation is 3. The second kappa shape index (κ2) is 9.75. The molecule has 174 valence electrons. The lowest BCUT2D eigenvalue weighted by atomic mass is 9.93. The fourth-order valence-electron chi connectivity index (χ4n) is 4.34. The van der Waals surface area contributed by atoms with Crippen molar-refractivity contribution in [1.29, 1.82) is 0 Å². The van der Waals surface area contributed by atoms with E-state index < -0.39 is 0 Å². The normalized spacial score (nSPS) is 16.5. The van der Waals surface area contributed by atoms with E-state index in [1.54, 1.807) is 0 Å². The second-order valence-electron chi connectivity index (χ2n) is 9.35. The molecule has 2 aromatic heterocycles. The minimum absolute atomic E-state index is 0.185. The number of allylic oxidation sites excluding steroid dienone is 3. The van der Waals surface area contributed by atoms with Crippen LogP contribution in [0.5, 0.6) is 0 Å². The van der Waals surface area contributed by atoms with Crippen molar-refractivity contribution in [3.05, 3.63) is 65.3 Å². The van der Waals surface area contributed by atoms with Crippen molar-refractivity contribution >= 4 is 0 Å². The van der Waals surface area contributed by atoms with Gasteiger partial charge in [-0.2, -0.15) is 5.10 Å². The smallest absolute Gasteiger partial charge is 0.0918 e. The molecule has 4 rings (SSSR count). The van der Waals surface area contributed by atoms with Gasteiger partial charge in [-0.15, -0.1) is 5.10 Å². The number of aromatic nitrogens is 5. The molecular weight excluding hydrogens is 410 g/mol. The van der Waals surface area contributed by atoms with Crippen molar-refractivity contribution in [3.63, 3.8) is 0 Å². The van der Waals surface area contributed by atoms with Gasteiger partial charge in [0.1, 0.15) is 0 Å². The first-order valence-corrected chi connectivity index (χ1v) is 11.6. The molecule has 33 heavy (non-hydrogen) atoms. The van der Waals surface area contributed by atoms with E-state index in [2.05, 4.69) is 90.1 Å². The summed E-state index contributed by atoms with van der Waals surface area (Å²) in [7, 11) is 6.18. The Hall–Kier alpha value is -3.19. The Morgan fingerprint density at radius 2 is 2.03 bits per heavy atom. The molecule has 3 heterocycles. The van der Waals surface area contributed by atoms with Gasteiger partial charge in [-0.1, -0.05) is 29.0 Å². The van der Waals surface area contributed by atoms with Crippen molar-refractivity contribution in [2.45, 2.75) is 46.2 Å². The quantitative estimate of drug-likeness (QED) is 0.543.